The molecule has 0 bridgehead atoms. The third kappa shape index (κ3) is 5.93. The Balaban J connectivity index is 2.19. The van der Waals surface area contributed by atoms with E-state index in [0.29, 0.717) is 31.6 Å². The number of nitrogens with one attached hydrogen (secondary N) is 1. The zero-order valence-corrected chi connectivity index (χ0v) is 10.3. The van der Waals surface area contributed by atoms with Gasteiger partial charge in [-0.15, -0.1) is 0 Å². The van der Waals surface area contributed by atoms with Crippen molar-refractivity contribution in [2.45, 2.75) is 39.2 Å². The molecule has 1 rings (SSSR count). The van der Waals surface area contributed by atoms with E-state index < -0.39 is 5.97 Å². The summed E-state index contributed by atoms with van der Waals surface area (Å²) in [4.78, 5) is 29.8. The van der Waals surface area contributed by atoms with Crippen molar-refractivity contribution >= 4 is 11.9 Å². The van der Waals surface area contributed by atoms with Crippen LogP contribution in [0.1, 0.15) is 37.2 Å². The van der Waals surface area contributed by atoms with Crippen LogP contribution >= 0.6 is 0 Å². The molecule has 1 aromatic heterocycles. The van der Waals surface area contributed by atoms with Gasteiger partial charge >= 0.3 is 5.97 Å². The molecule has 0 fully saturated rings. The summed E-state index contributed by atoms with van der Waals surface area (Å²) in [7, 11) is 0. The van der Waals surface area contributed by atoms with E-state index in [1.165, 1.54) is 0 Å². The minimum Gasteiger partial charge on any atom is -0.481 e. The van der Waals surface area contributed by atoms with Crippen molar-refractivity contribution in [2.75, 3.05) is 0 Å². The minimum absolute atomic E-state index is 0.0864. The summed E-state index contributed by atoms with van der Waals surface area (Å²) in [5.74, 6) is -0.244. The molecule has 1 amide bonds. The quantitative estimate of drug-likeness (QED) is 0.706. The third-order valence-electron chi connectivity index (χ3n) is 2.34. The highest BCUT2D eigenvalue weighted by atomic mass is 16.4. The average molecular weight is 251 g/mol. The van der Waals surface area contributed by atoms with E-state index in [1.54, 1.807) is 19.2 Å². The molecule has 0 aliphatic heterocycles. The lowest BCUT2D eigenvalue weighted by Gasteiger charge is -2.04. The fourth-order valence-corrected chi connectivity index (χ4v) is 1.44. The number of hydrogen-bond donors (Lipinski definition) is 2. The van der Waals surface area contributed by atoms with Gasteiger partial charge in [-0.2, -0.15) is 0 Å². The zero-order chi connectivity index (χ0) is 13.4. The molecule has 0 aliphatic carbocycles. The predicted octanol–water partition coefficient (Wildman–Crippen LogP) is 1.05. The van der Waals surface area contributed by atoms with Crippen LogP contribution in [-0.4, -0.2) is 27.0 Å². The number of aliphatic carboxylic acids is 1. The molecule has 2 N–H and O–H groups in total. The molecule has 0 atom stereocenters. The number of unbranched alkanes of at least 4 members (excludes halogenated alkanes) is 1. The van der Waals surface area contributed by atoms with Crippen molar-refractivity contribution in [1.82, 2.24) is 15.3 Å². The molecule has 0 saturated heterocycles. The molecule has 0 aliphatic rings. The van der Waals surface area contributed by atoms with Gasteiger partial charge in [0.25, 0.3) is 0 Å². The molecule has 1 heterocycles. The highest BCUT2D eigenvalue weighted by Crippen LogP contribution is 2.00. The number of hydrogen-bond acceptors (Lipinski definition) is 4. The molecule has 0 unspecified atom stereocenters. The van der Waals surface area contributed by atoms with Gasteiger partial charge in [0.15, 0.2) is 0 Å². The summed E-state index contributed by atoms with van der Waals surface area (Å²) in [5.41, 5.74) is 0.765. The van der Waals surface area contributed by atoms with E-state index in [9.17, 15) is 9.59 Å². The summed E-state index contributed by atoms with van der Waals surface area (Å²) in [6.45, 7) is 2.17. The maximum absolute atomic E-state index is 11.4. The number of carbonyl (C=O) groups excluding carboxylic acids is 1. The number of carbonyl (C=O) groups is 2. The second-order valence-electron chi connectivity index (χ2n) is 3.97. The number of aryl methyl sites for hydroxylation is 1. The fraction of sp³-hybridized carbons (Fsp3) is 0.500. The smallest absolute Gasteiger partial charge is 0.303 e. The lowest BCUT2D eigenvalue weighted by molar-refractivity contribution is -0.137. The molecule has 0 radical (unpaired) electrons. The van der Waals surface area contributed by atoms with E-state index in [0.717, 1.165) is 5.69 Å². The molecule has 18 heavy (non-hydrogen) atoms. The lowest BCUT2D eigenvalue weighted by atomic mass is 10.2. The van der Waals surface area contributed by atoms with Crippen LogP contribution in [0.4, 0.5) is 0 Å². The summed E-state index contributed by atoms with van der Waals surface area (Å²) >= 11 is 0. The van der Waals surface area contributed by atoms with Crippen LogP contribution in [0.25, 0.3) is 0 Å². The Hall–Kier alpha value is -1.98. The minimum atomic E-state index is -0.827. The third-order valence-corrected chi connectivity index (χ3v) is 2.34. The van der Waals surface area contributed by atoms with Crippen LogP contribution < -0.4 is 5.32 Å². The van der Waals surface area contributed by atoms with E-state index in [4.69, 9.17) is 5.11 Å². The normalized spacial score (nSPS) is 10.1. The van der Waals surface area contributed by atoms with Gasteiger partial charge < -0.3 is 10.4 Å². The van der Waals surface area contributed by atoms with Gasteiger partial charge in [-0.1, -0.05) is 0 Å². The highest BCUT2D eigenvalue weighted by Gasteiger charge is 2.03. The summed E-state index contributed by atoms with van der Waals surface area (Å²) in [6, 6.07) is 1.75. The first-order valence-corrected chi connectivity index (χ1v) is 5.85. The Kier molecular flexibility index (Phi) is 5.76. The van der Waals surface area contributed by atoms with Crippen LogP contribution in [0, 0.1) is 6.92 Å². The van der Waals surface area contributed by atoms with Gasteiger partial charge in [0.1, 0.15) is 5.82 Å². The Morgan fingerprint density at radius 1 is 1.33 bits per heavy atom. The molecule has 1 aromatic rings. The first-order chi connectivity index (χ1) is 8.58. The standard InChI is InChI=1S/C12H17N3O3/c1-9-13-7-6-10(15-9)8-14-11(16)4-2-3-5-12(17)18/h6-7H,2-5,8H2,1H3,(H,14,16)(H,17,18). The van der Waals surface area contributed by atoms with Crippen LogP contribution in [0.15, 0.2) is 12.3 Å². The van der Waals surface area contributed by atoms with Crippen molar-refractivity contribution in [2.24, 2.45) is 0 Å². The number of amides is 1. The molecule has 6 nitrogen and oxygen atoms in total. The Bertz CT molecular complexity index is 421. The van der Waals surface area contributed by atoms with Crippen molar-refractivity contribution in [1.29, 1.82) is 0 Å². The second kappa shape index (κ2) is 7.37. The topological polar surface area (TPSA) is 92.2 Å². The van der Waals surface area contributed by atoms with Gasteiger partial charge in [-0.05, 0) is 25.8 Å². The Morgan fingerprint density at radius 3 is 2.72 bits per heavy atom. The van der Waals surface area contributed by atoms with Gasteiger partial charge in [0.2, 0.25) is 5.91 Å². The van der Waals surface area contributed by atoms with Crippen LogP contribution in [0.3, 0.4) is 0 Å². The largest absolute Gasteiger partial charge is 0.481 e. The summed E-state index contributed by atoms with van der Waals surface area (Å²) in [5, 5.41) is 11.2. The zero-order valence-electron chi connectivity index (χ0n) is 10.3. The van der Waals surface area contributed by atoms with Gasteiger partial charge in [0, 0.05) is 19.0 Å². The van der Waals surface area contributed by atoms with Gasteiger partial charge in [-0.3, -0.25) is 9.59 Å². The van der Waals surface area contributed by atoms with E-state index in [-0.39, 0.29) is 12.3 Å². The Labute approximate surface area is 105 Å². The van der Waals surface area contributed by atoms with Crippen molar-refractivity contribution in [3.8, 4) is 0 Å². The number of carboxylic acids is 1. The SMILES string of the molecule is Cc1nccc(CNC(=O)CCCCC(=O)O)n1. The molecule has 0 saturated carbocycles. The second-order valence-corrected chi connectivity index (χ2v) is 3.97. The highest BCUT2D eigenvalue weighted by molar-refractivity contribution is 5.75. The molecular weight excluding hydrogens is 234 g/mol. The monoisotopic (exact) mass is 251 g/mol. The number of aromatic nitrogens is 2. The summed E-state index contributed by atoms with van der Waals surface area (Å²) in [6.07, 6.45) is 3.21. The van der Waals surface area contributed by atoms with E-state index in [2.05, 4.69) is 15.3 Å². The Morgan fingerprint density at radius 2 is 2.06 bits per heavy atom. The first-order valence-electron chi connectivity index (χ1n) is 5.85. The van der Waals surface area contributed by atoms with E-state index >= 15 is 0 Å². The average Bonchev–Trinajstić information content (AvgIpc) is 2.32. The molecule has 98 valence electrons. The van der Waals surface area contributed by atoms with Crippen molar-refractivity contribution in [3.05, 3.63) is 23.8 Å². The summed E-state index contributed by atoms with van der Waals surface area (Å²) < 4.78 is 0. The number of nitrogens with zero attached hydrogens (tertiary/aromatic N) is 2. The maximum Gasteiger partial charge on any atom is 0.303 e. The molecule has 0 spiro atoms. The number of rotatable bonds is 7. The van der Waals surface area contributed by atoms with Crippen LogP contribution in [-0.2, 0) is 16.1 Å². The molecular formula is C12H17N3O3. The maximum atomic E-state index is 11.4. The predicted molar refractivity (Wildman–Crippen MR) is 64.7 cm³/mol. The first kappa shape index (κ1) is 14.1. The van der Waals surface area contributed by atoms with Crippen LogP contribution in [0.5, 0.6) is 0 Å². The number of carboxylic acid groups (broad SMARTS) is 1. The fourth-order valence-electron chi connectivity index (χ4n) is 1.44. The van der Waals surface area contributed by atoms with Gasteiger partial charge in [0.05, 0.1) is 12.2 Å². The molecule has 6 heteroatoms. The van der Waals surface area contributed by atoms with E-state index in [1.807, 2.05) is 0 Å². The van der Waals surface area contributed by atoms with Gasteiger partial charge in [-0.25, -0.2) is 9.97 Å². The molecule has 0 aromatic carbocycles. The van der Waals surface area contributed by atoms with Crippen molar-refractivity contribution in [3.63, 3.8) is 0 Å². The van der Waals surface area contributed by atoms with Crippen molar-refractivity contribution < 1.29 is 14.7 Å². The lowest BCUT2D eigenvalue weighted by Crippen LogP contribution is -2.23. The van der Waals surface area contributed by atoms with Crippen LogP contribution in [0.2, 0.25) is 0 Å².